The summed E-state index contributed by atoms with van der Waals surface area (Å²) in [5.74, 6) is 0.456. The molecule has 1 aromatic carbocycles. The third-order valence-corrected chi connectivity index (χ3v) is 4.68. The van der Waals surface area contributed by atoms with Crippen molar-refractivity contribution in [2.45, 2.75) is 40.5 Å². The molecule has 4 heteroatoms. The second-order valence-electron chi connectivity index (χ2n) is 6.70. The van der Waals surface area contributed by atoms with Gasteiger partial charge in [0, 0.05) is 25.0 Å². The molecule has 2 atom stereocenters. The lowest BCUT2D eigenvalue weighted by atomic mass is 9.63. The third-order valence-electron chi connectivity index (χ3n) is 4.68. The molecule has 0 aromatic heterocycles. The second kappa shape index (κ2) is 6.63. The van der Waals surface area contributed by atoms with Crippen LogP contribution in [0.2, 0.25) is 0 Å². The largest absolute Gasteiger partial charge is 0.426 e. The first-order valence-electron chi connectivity index (χ1n) is 7.98. The fraction of sp³-hybridized carbons (Fsp3) is 0.400. The maximum Gasteiger partial charge on any atom is 0.308 e. The zero-order valence-electron chi connectivity index (χ0n) is 14.8. The minimum absolute atomic E-state index is 0.171. The van der Waals surface area contributed by atoms with Gasteiger partial charge in [0.05, 0.1) is 0 Å². The Kier molecular flexibility index (Phi) is 4.97. The van der Waals surface area contributed by atoms with Gasteiger partial charge in [-0.05, 0) is 43.2 Å². The lowest BCUT2D eigenvalue weighted by Crippen LogP contribution is -2.35. The Morgan fingerprint density at radius 2 is 1.62 bits per heavy atom. The van der Waals surface area contributed by atoms with Crippen molar-refractivity contribution in [2.75, 3.05) is 0 Å². The summed E-state index contributed by atoms with van der Waals surface area (Å²) in [6.45, 7) is 15.0. The quantitative estimate of drug-likeness (QED) is 0.476. The minimum atomic E-state index is -0.375. The molecule has 0 radical (unpaired) electrons. The van der Waals surface area contributed by atoms with Gasteiger partial charge in [0.2, 0.25) is 0 Å². The zero-order valence-corrected chi connectivity index (χ0v) is 14.8. The van der Waals surface area contributed by atoms with Crippen molar-refractivity contribution in [3.05, 3.63) is 48.1 Å². The number of rotatable bonds is 4. The summed E-state index contributed by atoms with van der Waals surface area (Å²) in [7, 11) is 0. The average Bonchev–Trinajstić information content (AvgIpc) is 2.48. The van der Waals surface area contributed by atoms with Gasteiger partial charge in [-0.15, -0.1) is 6.58 Å². The van der Waals surface area contributed by atoms with Crippen molar-refractivity contribution in [2.24, 2.45) is 11.3 Å². The van der Waals surface area contributed by atoms with Crippen LogP contribution in [0.4, 0.5) is 0 Å². The monoisotopic (exact) mass is 328 g/mol. The molecular formula is C20H24O4. The Bertz CT molecular complexity index is 717. The molecular weight excluding hydrogens is 304 g/mol. The lowest BCUT2D eigenvalue weighted by molar-refractivity contribution is -0.133. The van der Waals surface area contributed by atoms with E-state index in [1.165, 1.54) is 13.8 Å². The number of hydrogen-bond acceptors (Lipinski definition) is 4. The van der Waals surface area contributed by atoms with Gasteiger partial charge < -0.3 is 9.47 Å². The second-order valence-corrected chi connectivity index (χ2v) is 6.70. The maximum absolute atomic E-state index is 11.4. The van der Waals surface area contributed by atoms with E-state index in [4.69, 9.17) is 9.47 Å². The van der Waals surface area contributed by atoms with E-state index in [2.05, 4.69) is 20.1 Å². The van der Waals surface area contributed by atoms with Gasteiger partial charge in [0.1, 0.15) is 11.5 Å². The van der Waals surface area contributed by atoms with Gasteiger partial charge in [-0.1, -0.05) is 25.2 Å². The molecule has 0 bridgehead atoms. The molecule has 0 aliphatic heterocycles. The molecule has 0 heterocycles. The van der Waals surface area contributed by atoms with Crippen LogP contribution >= 0.6 is 0 Å². The van der Waals surface area contributed by atoms with Gasteiger partial charge in [-0.2, -0.15) is 0 Å². The van der Waals surface area contributed by atoms with Crippen molar-refractivity contribution in [1.82, 2.24) is 0 Å². The predicted molar refractivity (Wildman–Crippen MR) is 93.1 cm³/mol. The van der Waals surface area contributed by atoms with Crippen molar-refractivity contribution in [1.29, 1.82) is 0 Å². The van der Waals surface area contributed by atoms with Gasteiger partial charge in [0.15, 0.2) is 0 Å². The molecule has 1 aromatic rings. The fourth-order valence-corrected chi connectivity index (χ4v) is 3.46. The predicted octanol–water partition coefficient (Wildman–Crippen LogP) is 4.02. The standard InChI is InChI=1S/C20H24O4/c1-7-20(6)11-16-15(10-17(20)12(2)3)18(23-13(4)21)8-9-19(16)24-14(5)22/h7-9,17H,1-2,10-11H2,3-6H3/t17-,20-/m0/s1. The van der Waals surface area contributed by atoms with Crippen molar-refractivity contribution in [3.8, 4) is 11.5 Å². The van der Waals surface area contributed by atoms with E-state index < -0.39 is 0 Å². The molecule has 1 aliphatic carbocycles. The molecule has 0 spiro atoms. The van der Waals surface area contributed by atoms with Crippen LogP contribution in [0.1, 0.15) is 38.8 Å². The number of hydrogen-bond donors (Lipinski definition) is 0. The Hall–Kier alpha value is -2.36. The minimum Gasteiger partial charge on any atom is -0.426 e. The molecule has 0 saturated heterocycles. The summed E-state index contributed by atoms with van der Waals surface area (Å²) >= 11 is 0. The fourth-order valence-electron chi connectivity index (χ4n) is 3.46. The molecule has 0 N–H and O–H groups in total. The number of ether oxygens (including phenoxy) is 2. The normalized spacial score (nSPS) is 22.2. The van der Waals surface area contributed by atoms with Crippen LogP contribution in [-0.2, 0) is 22.4 Å². The first-order valence-corrected chi connectivity index (χ1v) is 7.98. The molecule has 128 valence electrons. The zero-order chi connectivity index (χ0) is 18.1. The molecule has 0 unspecified atom stereocenters. The lowest BCUT2D eigenvalue weighted by Gasteiger charge is -2.41. The Labute approximate surface area is 143 Å². The third kappa shape index (κ3) is 3.42. The SMILES string of the molecule is C=C[C@@]1(C)Cc2c(OC(C)=O)ccc(OC(C)=O)c2C[C@H]1C(=C)C. The number of esters is 2. The van der Waals surface area contributed by atoms with E-state index in [1.807, 2.05) is 13.0 Å². The maximum atomic E-state index is 11.4. The first-order chi connectivity index (χ1) is 11.2. The van der Waals surface area contributed by atoms with E-state index in [9.17, 15) is 9.59 Å². The highest BCUT2D eigenvalue weighted by molar-refractivity contribution is 5.72. The van der Waals surface area contributed by atoms with Crippen LogP contribution in [0.3, 0.4) is 0 Å². The topological polar surface area (TPSA) is 52.6 Å². The highest BCUT2D eigenvalue weighted by Crippen LogP contribution is 2.48. The number of allylic oxidation sites excluding steroid dienone is 2. The van der Waals surface area contributed by atoms with Gasteiger partial charge in [-0.3, -0.25) is 9.59 Å². The van der Waals surface area contributed by atoms with E-state index in [0.29, 0.717) is 24.3 Å². The summed E-state index contributed by atoms with van der Waals surface area (Å²) in [4.78, 5) is 22.8. The summed E-state index contributed by atoms with van der Waals surface area (Å²) in [5.41, 5.74) is 2.64. The highest BCUT2D eigenvalue weighted by atomic mass is 16.5. The number of benzene rings is 1. The van der Waals surface area contributed by atoms with Gasteiger partial charge in [0.25, 0.3) is 0 Å². The number of carbonyl (C=O) groups excluding carboxylic acids is 2. The molecule has 2 rings (SSSR count). The van der Waals surface area contributed by atoms with Crippen molar-refractivity contribution in [3.63, 3.8) is 0 Å². The van der Waals surface area contributed by atoms with Crippen LogP contribution in [0.5, 0.6) is 11.5 Å². The van der Waals surface area contributed by atoms with Crippen molar-refractivity contribution >= 4 is 11.9 Å². The van der Waals surface area contributed by atoms with Gasteiger partial charge in [-0.25, -0.2) is 0 Å². The molecule has 1 aliphatic rings. The molecule has 0 amide bonds. The van der Waals surface area contributed by atoms with Crippen LogP contribution < -0.4 is 9.47 Å². The van der Waals surface area contributed by atoms with E-state index in [0.717, 1.165) is 16.7 Å². The summed E-state index contributed by atoms with van der Waals surface area (Å²) in [6, 6.07) is 3.37. The summed E-state index contributed by atoms with van der Waals surface area (Å²) in [5, 5.41) is 0. The van der Waals surface area contributed by atoms with Crippen LogP contribution in [0.25, 0.3) is 0 Å². The first kappa shape index (κ1) is 18.0. The number of fused-ring (bicyclic) bond motifs is 1. The Morgan fingerprint density at radius 3 is 2.04 bits per heavy atom. The highest BCUT2D eigenvalue weighted by Gasteiger charge is 2.39. The smallest absolute Gasteiger partial charge is 0.308 e. The molecule has 0 fully saturated rings. The van der Waals surface area contributed by atoms with E-state index >= 15 is 0 Å². The molecule has 0 saturated carbocycles. The van der Waals surface area contributed by atoms with Crippen molar-refractivity contribution < 1.29 is 19.1 Å². The van der Waals surface area contributed by atoms with Gasteiger partial charge >= 0.3 is 11.9 Å². The number of carbonyl (C=O) groups is 2. The molecule has 4 nitrogen and oxygen atoms in total. The Morgan fingerprint density at radius 1 is 1.12 bits per heavy atom. The summed E-state index contributed by atoms with van der Waals surface area (Å²) < 4.78 is 10.7. The van der Waals surface area contributed by atoms with Crippen LogP contribution in [-0.4, -0.2) is 11.9 Å². The van der Waals surface area contributed by atoms with E-state index in [1.54, 1.807) is 12.1 Å². The average molecular weight is 328 g/mol. The summed E-state index contributed by atoms with van der Waals surface area (Å²) in [6.07, 6.45) is 3.23. The van der Waals surface area contributed by atoms with Crippen LogP contribution in [0, 0.1) is 11.3 Å². The Balaban J connectivity index is 2.62. The van der Waals surface area contributed by atoms with Crippen LogP contribution in [0.15, 0.2) is 36.9 Å². The molecule has 24 heavy (non-hydrogen) atoms. The van der Waals surface area contributed by atoms with E-state index in [-0.39, 0.29) is 23.3 Å².